The molecule has 1 aliphatic rings. The Morgan fingerprint density at radius 1 is 1.67 bits per heavy atom. The Hall–Kier alpha value is -0.920. The maximum Gasteiger partial charge on any atom is 0.0557 e. The summed E-state index contributed by atoms with van der Waals surface area (Å²) >= 11 is 0. The fraction of sp³-hybridized carbons (Fsp3) is 0. The van der Waals surface area contributed by atoms with Gasteiger partial charge in [-0.05, 0) is 0 Å². The Balaban J connectivity index is 2.46. The van der Waals surface area contributed by atoms with Gasteiger partial charge in [-0.15, -0.1) is 12.7 Å². The highest BCUT2D eigenvalue weighted by Gasteiger charge is 1.63. The van der Waals surface area contributed by atoms with Gasteiger partial charge in [-0.2, -0.15) is 6.08 Å². The number of nitrogens with zero attached hydrogens (tertiary/aromatic N) is 1. The van der Waals surface area contributed by atoms with E-state index in [-0.39, 0.29) is 0 Å². The minimum absolute atomic E-state index is 1.62. The van der Waals surface area contributed by atoms with E-state index in [4.69, 9.17) is 0 Å². The van der Waals surface area contributed by atoms with Crippen LogP contribution in [0.1, 0.15) is 0 Å². The van der Waals surface area contributed by atoms with Gasteiger partial charge in [0.25, 0.3) is 0 Å². The lowest BCUT2D eigenvalue weighted by molar-refractivity contribution is 1.17. The molecule has 32 valence electrons. The lowest BCUT2D eigenvalue weighted by atomic mass is 10.6. The third kappa shape index (κ3) is 0.516. The summed E-state index contributed by atoms with van der Waals surface area (Å²) in [5.41, 5.74) is 0. The molecule has 1 aliphatic heterocycles. The monoisotopic (exact) mass is 81.0 g/mol. The van der Waals surface area contributed by atoms with E-state index in [1.165, 1.54) is 0 Å². The molecule has 0 saturated heterocycles. The molecular weight excluding hydrogens is 76.1 g/mol. The largest absolute Gasteiger partial charge is 0.432 e. The van der Waals surface area contributed by atoms with E-state index >= 15 is 0 Å². The van der Waals surface area contributed by atoms with Crippen molar-refractivity contribution in [2.75, 3.05) is 0 Å². The average Bonchev–Trinajstić information content (AvgIpc) is 1.72. The van der Waals surface area contributed by atoms with Gasteiger partial charge in [-0.1, -0.05) is 0 Å². The van der Waals surface area contributed by atoms with Crippen molar-refractivity contribution in [2.45, 2.75) is 0 Å². The first-order valence-corrected chi connectivity index (χ1v) is 1.76. The Morgan fingerprint density at radius 3 is 2.83 bits per heavy atom. The summed E-state index contributed by atoms with van der Waals surface area (Å²) in [6.07, 6.45) is 5.18. The fourth-order valence-electron chi connectivity index (χ4n) is 0.277. The first-order valence-electron chi connectivity index (χ1n) is 1.76. The summed E-state index contributed by atoms with van der Waals surface area (Å²) in [4.78, 5) is 3.73. The van der Waals surface area contributed by atoms with E-state index in [2.05, 4.69) is 10.3 Å². The first-order chi connectivity index (χ1) is 3.00. The molecule has 1 heterocycles. The topological polar surface area (TPSA) is 24.4 Å². The van der Waals surface area contributed by atoms with Crippen LogP contribution in [0.3, 0.4) is 0 Å². The second-order valence-electron chi connectivity index (χ2n) is 0.953. The van der Waals surface area contributed by atoms with Crippen LogP contribution in [-0.4, -0.2) is 6.34 Å². The maximum absolute atomic E-state index is 3.73. The van der Waals surface area contributed by atoms with Crippen LogP contribution in [0.15, 0.2) is 17.3 Å². The van der Waals surface area contributed by atoms with E-state index in [1.807, 2.05) is 12.6 Å². The minimum Gasteiger partial charge on any atom is -0.432 e. The molecule has 0 aliphatic carbocycles. The number of nitrogens with one attached hydrogen (secondary N) is 1. The number of rotatable bonds is 0. The molecule has 0 fully saturated rings. The van der Waals surface area contributed by atoms with E-state index in [0.717, 1.165) is 0 Å². The van der Waals surface area contributed by atoms with Crippen LogP contribution in [0.25, 0.3) is 0 Å². The third-order valence-corrected chi connectivity index (χ3v) is 0.514. The van der Waals surface area contributed by atoms with Crippen LogP contribution < -0.4 is 5.32 Å². The molecule has 2 heteroatoms. The SMILES string of the molecule is C1=CN=CN[CH-]1. The van der Waals surface area contributed by atoms with Gasteiger partial charge in [-0.3, -0.25) is 0 Å². The molecule has 0 unspecified atom stereocenters. The predicted octanol–water partition coefficient (Wildman–Crippen LogP) is 0.293. The van der Waals surface area contributed by atoms with Crippen molar-refractivity contribution in [1.82, 2.24) is 5.32 Å². The number of hydrogen-bond acceptors (Lipinski definition) is 2. The summed E-state index contributed by atoms with van der Waals surface area (Å²) in [5, 5.41) is 2.78. The molecule has 1 N–H and O–H groups in total. The van der Waals surface area contributed by atoms with E-state index in [9.17, 15) is 0 Å². The molecule has 0 amide bonds. The van der Waals surface area contributed by atoms with E-state index in [1.54, 1.807) is 12.5 Å². The molecule has 0 radical (unpaired) electrons. The molecule has 0 saturated carbocycles. The average molecular weight is 81.1 g/mol. The zero-order chi connectivity index (χ0) is 4.24. The Labute approximate surface area is 36.6 Å². The fourth-order valence-corrected chi connectivity index (χ4v) is 0.277. The molecule has 0 aromatic rings. The number of hydrogen-bond donors (Lipinski definition) is 1. The second-order valence-corrected chi connectivity index (χ2v) is 0.953. The molecule has 0 aromatic carbocycles. The Bertz CT molecular complexity index is 71.5. The highest BCUT2D eigenvalue weighted by Crippen LogP contribution is 1.79. The van der Waals surface area contributed by atoms with Crippen molar-refractivity contribution in [2.24, 2.45) is 4.99 Å². The molecule has 0 spiro atoms. The molecule has 6 heavy (non-hydrogen) atoms. The predicted molar refractivity (Wildman–Crippen MR) is 25.1 cm³/mol. The zero-order valence-corrected chi connectivity index (χ0v) is 3.26. The van der Waals surface area contributed by atoms with Crippen LogP contribution in [0.2, 0.25) is 0 Å². The lowest BCUT2D eigenvalue weighted by Gasteiger charge is -2.04. The van der Waals surface area contributed by atoms with Crippen molar-refractivity contribution in [1.29, 1.82) is 0 Å². The summed E-state index contributed by atoms with van der Waals surface area (Å²) in [7, 11) is 0. The molecule has 0 atom stereocenters. The second kappa shape index (κ2) is 1.50. The van der Waals surface area contributed by atoms with Crippen molar-refractivity contribution < 1.29 is 0 Å². The summed E-state index contributed by atoms with van der Waals surface area (Å²) in [6.45, 7) is 1.81. The molecular formula is C4H5N2-. The van der Waals surface area contributed by atoms with Gasteiger partial charge >= 0.3 is 0 Å². The normalized spacial score (nSPS) is 16.0. The Morgan fingerprint density at radius 2 is 2.67 bits per heavy atom. The van der Waals surface area contributed by atoms with Crippen LogP contribution in [0, 0.1) is 6.54 Å². The third-order valence-electron chi connectivity index (χ3n) is 0.514. The van der Waals surface area contributed by atoms with Gasteiger partial charge in [0.1, 0.15) is 0 Å². The van der Waals surface area contributed by atoms with Gasteiger partial charge < -0.3 is 10.3 Å². The van der Waals surface area contributed by atoms with Gasteiger partial charge in [-0.25, -0.2) is 0 Å². The van der Waals surface area contributed by atoms with Crippen molar-refractivity contribution in [3.8, 4) is 0 Å². The van der Waals surface area contributed by atoms with Gasteiger partial charge in [0, 0.05) is 0 Å². The molecule has 1 rings (SSSR count). The van der Waals surface area contributed by atoms with Crippen molar-refractivity contribution >= 4 is 6.34 Å². The summed E-state index contributed by atoms with van der Waals surface area (Å²) in [5.74, 6) is 0. The van der Waals surface area contributed by atoms with Gasteiger partial charge in [0.15, 0.2) is 0 Å². The highest BCUT2D eigenvalue weighted by molar-refractivity contribution is 5.58. The quantitative estimate of drug-likeness (QED) is 0.416. The van der Waals surface area contributed by atoms with E-state index in [0.29, 0.717) is 0 Å². The molecule has 0 bridgehead atoms. The van der Waals surface area contributed by atoms with Crippen LogP contribution in [-0.2, 0) is 0 Å². The first kappa shape index (κ1) is 3.28. The number of aliphatic imine (C=N–C) groups is 1. The van der Waals surface area contributed by atoms with Crippen LogP contribution in [0.4, 0.5) is 0 Å². The minimum atomic E-state index is 1.62. The van der Waals surface area contributed by atoms with Crippen LogP contribution >= 0.6 is 0 Å². The smallest absolute Gasteiger partial charge is 0.0557 e. The van der Waals surface area contributed by atoms with Gasteiger partial charge in [0.2, 0.25) is 0 Å². The highest BCUT2D eigenvalue weighted by atomic mass is 14.9. The van der Waals surface area contributed by atoms with Crippen molar-refractivity contribution in [3.63, 3.8) is 0 Å². The summed E-state index contributed by atoms with van der Waals surface area (Å²) in [6, 6.07) is 0. The van der Waals surface area contributed by atoms with Crippen LogP contribution in [0.5, 0.6) is 0 Å². The zero-order valence-electron chi connectivity index (χ0n) is 3.26. The van der Waals surface area contributed by atoms with Crippen molar-refractivity contribution in [3.05, 3.63) is 18.8 Å². The lowest BCUT2D eigenvalue weighted by Crippen LogP contribution is -2.05. The Kier molecular flexibility index (Phi) is 0.819. The van der Waals surface area contributed by atoms with E-state index < -0.39 is 0 Å². The molecule has 2 nitrogen and oxygen atoms in total. The summed E-state index contributed by atoms with van der Waals surface area (Å²) < 4.78 is 0. The standard InChI is InChI=1S/C4H5N2/c1-2-5-4-6-3-1/h1-4H,(H,5,6)/q-1. The van der Waals surface area contributed by atoms with Gasteiger partial charge in [0.05, 0.1) is 6.34 Å². The maximum atomic E-state index is 3.73. The molecule has 0 aromatic heterocycles.